The number of anilines is 2. The molecule has 0 amide bonds. The van der Waals surface area contributed by atoms with Gasteiger partial charge in [-0.15, -0.1) is 0 Å². The van der Waals surface area contributed by atoms with Crippen LogP contribution in [0.25, 0.3) is 0 Å². The van der Waals surface area contributed by atoms with E-state index in [1.807, 2.05) is 18.2 Å². The van der Waals surface area contributed by atoms with Gasteiger partial charge in [-0.2, -0.15) is 0 Å². The van der Waals surface area contributed by atoms with Crippen LogP contribution in [0.15, 0.2) is 18.2 Å². The summed E-state index contributed by atoms with van der Waals surface area (Å²) < 4.78 is 11.0. The molecule has 0 saturated carbocycles. The lowest BCUT2D eigenvalue weighted by molar-refractivity contribution is -0.00518. The molecule has 2 rings (SSSR count). The molecule has 1 aromatic rings. The van der Waals surface area contributed by atoms with Crippen LogP contribution < -0.4 is 15.4 Å². The number of nitrogens with zero attached hydrogens (tertiary/aromatic N) is 1. The molecule has 4 nitrogen and oxygen atoms in total. The third kappa shape index (κ3) is 2.64. The van der Waals surface area contributed by atoms with Crippen LogP contribution in [-0.2, 0) is 4.74 Å². The van der Waals surface area contributed by atoms with E-state index in [4.69, 9.17) is 15.2 Å². The highest BCUT2D eigenvalue weighted by Gasteiger charge is 2.23. The van der Waals surface area contributed by atoms with Crippen molar-refractivity contribution < 1.29 is 9.47 Å². The van der Waals surface area contributed by atoms with Gasteiger partial charge in [-0.05, 0) is 26.0 Å². The van der Waals surface area contributed by atoms with Crippen LogP contribution >= 0.6 is 0 Å². The third-order valence-electron chi connectivity index (χ3n) is 3.00. The Morgan fingerprint density at radius 3 is 2.53 bits per heavy atom. The summed E-state index contributed by atoms with van der Waals surface area (Å²) in [4.78, 5) is 2.26. The number of ether oxygens (including phenoxy) is 2. The van der Waals surface area contributed by atoms with Gasteiger partial charge in [0.25, 0.3) is 0 Å². The standard InChI is InChI=1S/C13H20N2O2/c1-9-7-15(8-10(2)17-9)13-6-11(16-3)4-5-12(13)14/h4-6,9-10H,7-8,14H2,1-3H3/t9-,10+. The zero-order chi connectivity index (χ0) is 12.4. The van der Waals surface area contributed by atoms with Crippen molar-refractivity contribution >= 4 is 11.4 Å². The maximum Gasteiger partial charge on any atom is 0.121 e. The molecule has 17 heavy (non-hydrogen) atoms. The quantitative estimate of drug-likeness (QED) is 0.797. The van der Waals surface area contributed by atoms with Crippen LogP contribution in [-0.4, -0.2) is 32.4 Å². The second kappa shape index (κ2) is 4.84. The van der Waals surface area contributed by atoms with Gasteiger partial charge >= 0.3 is 0 Å². The smallest absolute Gasteiger partial charge is 0.121 e. The van der Waals surface area contributed by atoms with E-state index >= 15 is 0 Å². The summed E-state index contributed by atoms with van der Waals surface area (Å²) in [5.41, 5.74) is 7.85. The van der Waals surface area contributed by atoms with Crippen LogP contribution in [0.2, 0.25) is 0 Å². The molecule has 0 spiro atoms. The molecule has 0 radical (unpaired) electrons. The predicted octanol–water partition coefficient (Wildman–Crippen LogP) is 1.89. The zero-order valence-electron chi connectivity index (χ0n) is 10.6. The molecule has 94 valence electrons. The fourth-order valence-electron chi connectivity index (χ4n) is 2.30. The number of nitrogens with two attached hydrogens (primary N) is 1. The molecule has 0 aliphatic carbocycles. The number of hydrogen-bond acceptors (Lipinski definition) is 4. The third-order valence-corrected chi connectivity index (χ3v) is 3.00. The van der Waals surface area contributed by atoms with Gasteiger partial charge in [-0.3, -0.25) is 0 Å². The van der Waals surface area contributed by atoms with Crippen LogP contribution in [0.4, 0.5) is 11.4 Å². The molecule has 2 atom stereocenters. The Bertz CT molecular complexity index is 385. The maximum absolute atomic E-state index is 6.03. The molecule has 0 aromatic heterocycles. The second-order valence-corrected chi connectivity index (χ2v) is 4.59. The van der Waals surface area contributed by atoms with Crippen molar-refractivity contribution in [1.82, 2.24) is 0 Å². The molecule has 1 aromatic carbocycles. The minimum atomic E-state index is 0.226. The minimum Gasteiger partial charge on any atom is -0.497 e. The molecule has 1 aliphatic heterocycles. The van der Waals surface area contributed by atoms with Crippen molar-refractivity contribution in [3.63, 3.8) is 0 Å². The molecule has 1 aliphatic rings. The maximum atomic E-state index is 6.03. The summed E-state index contributed by atoms with van der Waals surface area (Å²) >= 11 is 0. The average molecular weight is 236 g/mol. The van der Waals surface area contributed by atoms with E-state index in [0.717, 1.165) is 30.2 Å². The SMILES string of the molecule is COc1ccc(N)c(N2C[C@@H](C)O[C@@H](C)C2)c1. The number of benzene rings is 1. The van der Waals surface area contributed by atoms with Crippen LogP contribution in [0, 0.1) is 0 Å². The number of hydrogen-bond donors (Lipinski definition) is 1. The summed E-state index contributed by atoms with van der Waals surface area (Å²) in [5, 5.41) is 0. The van der Waals surface area contributed by atoms with E-state index in [1.54, 1.807) is 7.11 Å². The summed E-state index contributed by atoms with van der Waals surface area (Å²) in [6.45, 7) is 5.89. The van der Waals surface area contributed by atoms with Gasteiger partial charge in [0.2, 0.25) is 0 Å². The van der Waals surface area contributed by atoms with Crippen LogP contribution in [0.5, 0.6) is 5.75 Å². The molecule has 1 saturated heterocycles. The zero-order valence-corrected chi connectivity index (χ0v) is 10.6. The minimum absolute atomic E-state index is 0.226. The van der Waals surface area contributed by atoms with Crippen molar-refractivity contribution in [3.8, 4) is 5.75 Å². The van der Waals surface area contributed by atoms with Gasteiger partial charge in [-0.1, -0.05) is 0 Å². The monoisotopic (exact) mass is 236 g/mol. The normalized spacial score (nSPS) is 24.8. The summed E-state index contributed by atoms with van der Waals surface area (Å²) in [6.07, 6.45) is 0.453. The van der Waals surface area contributed by atoms with Crippen LogP contribution in [0.3, 0.4) is 0 Å². The molecular weight excluding hydrogens is 216 g/mol. The first-order valence-electron chi connectivity index (χ1n) is 5.94. The first-order chi connectivity index (χ1) is 8.10. The lowest BCUT2D eigenvalue weighted by atomic mass is 10.1. The van der Waals surface area contributed by atoms with Crippen molar-refractivity contribution in [2.45, 2.75) is 26.1 Å². The number of nitrogen functional groups attached to an aromatic ring is 1. The molecule has 1 heterocycles. The van der Waals surface area contributed by atoms with Gasteiger partial charge in [0.1, 0.15) is 5.75 Å². The predicted molar refractivity (Wildman–Crippen MR) is 69.6 cm³/mol. The van der Waals surface area contributed by atoms with E-state index in [1.165, 1.54) is 0 Å². The van der Waals surface area contributed by atoms with Gasteiger partial charge in [0.05, 0.1) is 30.7 Å². The van der Waals surface area contributed by atoms with Gasteiger partial charge in [0, 0.05) is 19.2 Å². The van der Waals surface area contributed by atoms with Crippen molar-refractivity contribution in [2.75, 3.05) is 30.8 Å². The second-order valence-electron chi connectivity index (χ2n) is 4.59. The molecule has 0 bridgehead atoms. The topological polar surface area (TPSA) is 47.7 Å². The van der Waals surface area contributed by atoms with E-state index in [2.05, 4.69) is 18.7 Å². The van der Waals surface area contributed by atoms with Gasteiger partial charge < -0.3 is 20.1 Å². The number of morpholine rings is 1. The number of methoxy groups -OCH3 is 1. The van der Waals surface area contributed by atoms with E-state index in [-0.39, 0.29) is 12.2 Å². The first kappa shape index (κ1) is 12.0. The lowest BCUT2D eigenvalue weighted by Crippen LogP contribution is -2.45. The Labute approximate surface area is 102 Å². The highest BCUT2D eigenvalue weighted by atomic mass is 16.5. The molecule has 2 N–H and O–H groups in total. The Balaban J connectivity index is 2.26. The molecule has 1 fully saturated rings. The first-order valence-corrected chi connectivity index (χ1v) is 5.94. The molecular formula is C13H20N2O2. The Hall–Kier alpha value is -1.42. The van der Waals surface area contributed by atoms with E-state index in [9.17, 15) is 0 Å². The van der Waals surface area contributed by atoms with E-state index < -0.39 is 0 Å². The number of rotatable bonds is 2. The Morgan fingerprint density at radius 2 is 1.94 bits per heavy atom. The van der Waals surface area contributed by atoms with Crippen molar-refractivity contribution in [3.05, 3.63) is 18.2 Å². The lowest BCUT2D eigenvalue weighted by Gasteiger charge is -2.37. The average Bonchev–Trinajstić information content (AvgIpc) is 2.28. The van der Waals surface area contributed by atoms with E-state index in [0.29, 0.717) is 0 Å². The fourth-order valence-corrected chi connectivity index (χ4v) is 2.30. The summed E-state index contributed by atoms with van der Waals surface area (Å²) in [6, 6.07) is 5.76. The van der Waals surface area contributed by atoms with Crippen molar-refractivity contribution in [1.29, 1.82) is 0 Å². The largest absolute Gasteiger partial charge is 0.497 e. The highest BCUT2D eigenvalue weighted by molar-refractivity contribution is 5.70. The Morgan fingerprint density at radius 1 is 1.29 bits per heavy atom. The molecule has 0 unspecified atom stereocenters. The highest BCUT2D eigenvalue weighted by Crippen LogP contribution is 2.30. The van der Waals surface area contributed by atoms with Crippen molar-refractivity contribution in [2.24, 2.45) is 0 Å². The van der Waals surface area contributed by atoms with Gasteiger partial charge in [0.15, 0.2) is 0 Å². The fraction of sp³-hybridized carbons (Fsp3) is 0.538. The Kier molecular flexibility index (Phi) is 3.43. The summed E-state index contributed by atoms with van der Waals surface area (Å²) in [5.74, 6) is 0.834. The van der Waals surface area contributed by atoms with Gasteiger partial charge in [-0.25, -0.2) is 0 Å². The summed E-state index contributed by atoms with van der Waals surface area (Å²) in [7, 11) is 1.67. The van der Waals surface area contributed by atoms with Crippen LogP contribution in [0.1, 0.15) is 13.8 Å². The molecule has 4 heteroatoms.